The molecule has 2 amide bonds. The van der Waals surface area contributed by atoms with Gasteiger partial charge in [0.2, 0.25) is 0 Å². The average molecular weight is 287 g/mol. The van der Waals surface area contributed by atoms with Gasteiger partial charge in [-0.1, -0.05) is 0 Å². The fourth-order valence-electron chi connectivity index (χ4n) is 1.69. The van der Waals surface area contributed by atoms with Gasteiger partial charge < -0.3 is 4.42 Å². The lowest BCUT2D eigenvalue weighted by atomic mass is 10.1. The second kappa shape index (κ2) is 5.20. The Hall–Kier alpha value is -1.85. The summed E-state index contributed by atoms with van der Waals surface area (Å²) < 4.78 is 5.27. The monoisotopic (exact) mass is 286 g/mol. The molecule has 1 N–H and O–H groups in total. The molecule has 0 aliphatic carbocycles. The summed E-state index contributed by atoms with van der Waals surface area (Å²) in [5.41, 5.74) is 1.38. The van der Waals surface area contributed by atoms with Crippen LogP contribution in [0.1, 0.15) is 5.56 Å². The fourth-order valence-corrected chi connectivity index (χ4v) is 1.69. The minimum absolute atomic E-state index is 0. The van der Waals surface area contributed by atoms with Gasteiger partial charge in [-0.05, 0) is 6.07 Å². The number of carbonyl (C=O) groups is 2. The molecule has 1 aliphatic heterocycles. The van der Waals surface area contributed by atoms with Crippen LogP contribution in [0.2, 0.25) is 0 Å². The van der Waals surface area contributed by atoms with E-state index in [2.05, 4.69) is 10.3 Å². The van der Waals surface area contributed by atoms with Crippen LogP contribution in [0.15, 0.2) is 35.2 Å². The number of furan rings is 1. The van der Waals surface area contributed by atoms with E-state index in [0.29, 0.717) is 11.1 Å². The number of fused-ring (bicyclic) bond motifs is 1. The second-order valence-electron chi connectivity index (χ2n) is 3.40. The Labute approximate surface area is 114 Å². The molecule has 0 unspecified atom stereocenters. The van der Waals surface area contributed by atoms with Crippen molar-refractivity contribution in [1.29, 1.82) is 0 Å². The highest BCUT2D eigenvalue weighted by Gasteiger charge is 2.24. The number of imide groups is 1. The molecular weight excluding hydrogens is 279 g/mol. The third-order valence-electron chi connectivity index (χ3n) is 2.40. The summed E-state index contributed by atoms with van der Waals surface area (Å²) in [7, 11) is 0. The fraction of sp³-hybridized carbons (Fsp3) is 0. The van der Waals surface area contributed by atoms with Crippen LogP contribution in [0.5, 0.6) is 0 Å². The zero-order valence-corrected chi connectivity index (χ0v) is 10.5. The van der Waals surface area contributed by atoms with Crippen molar-refractivity contribution in [3.8, 4) is 0 Å². The standard InChI is InChI=1S/C11H6N2O3.2ClH/c14-9-3-7(11(15)13-9)8-5-12-4-6-1-2-16-10(6)8;;/h1-5H,(H,13,14,15);2*1H. The number of carbonyl (C=O) groups excluding carboxylic acids is 2. The molecule has 2 aromatic heterocycles. The summed E-state index contributed by atoms with van der Waals surface area (Å²) in [4.78, 5) is 26.5. The molecule has 7 heteroatoms. The zero-order valence-electron chi connectivity index (χ0n) is 8.88. The Morgan fingerprint density at radius 1 is 1.17 bits per heavy atom. The van der Waals surface area contributed by atoms with E-state index in [1.165, 1.54) is 18.5 Å². The topological polar surface area (TPSA) is 72.2 Å². The Balaban J connectivity index is 0.000000810. The summed E-state index contributed by atoms with van der Waals surface area (Å²) >= 11 is 0. The lowest BCUT2D eigenvalue weighted by molar-refractivity contribution is -0.123. The highest BCUT2D eigenvalue weighted by atomic mass is 35.5. The van der Waals surface area contributed by atoms with Gasteiger partial charge in [0.25, 0.3) is 11.8 Å². The van der Waals surface area contributed by atoms with Crippen molar-refractivity contribution in [2.24, 2.45) is 0 Å². The number of hydrogen-bond acceptors (Lipinski definition) is 4. The molecular formula is C11H8Cl2N2O3. The van der Waals surface area contributed by atoms with Gasteiger partial charge in [0, 0.05) is 29.4 Å². The first-order chi connectivity index (χ1) is 7.75. The maximum atomic E-state index is 11.5. The summed E-state index contributed by atoms with van der Waals surface area (Å²) in [5, 5.41) is 2.98. The molecule has 94 valence electrons. The van der Waals surface area contributed by atoms with Crippen molar-refractivity contribution in [2.45, 2.75) is 0 Å². The van der Waals surface area contributed by atoms with Gasteiger partial charge in [-0.15, -0.1) is 24.8 Å². The largest absolute Gasteiger partial charge is 0.464 e. The van der Waals surface area contributed by atoms with Gasteiger partial charge in [0.05, 0.1) is 11.8 Å². The van der Waals surface area contributed by atoms with E-state index in [0.717, 1.165) is 5.39 Å². The maximum absolute atomic E-state index is 11.5. The summed E-state index contributed by atoms with van der Waals surface area (Å²) in [6.45, 7) is 0. The summed E-state index contributed by atoms with van der Waals surface area (Å²) in [6.07, 6.45) is 5.92. The minimum Gasteiger partial charge on any atom is -0.464 e. The Kier molecular flexibility index (Phi) is 4.11. The Bertz CT molecular complexity index is 649. The van der Waals surface area contributed by atoms with Gasteiger partial charge in [-0.2, -0.15) is 0 Å². The van der Waals surface area contributed by atoms with E-state index >= 15 is 0 Å². The highest BCUT2D eigenvalue weighted by Crippen LogP contribution is 2.26. The van der Waals surface area contributed by atoms with E-state index in [9.17, 15) is 9.59 Å². The molecule has 0 bridgehead atoms. The van der Waals surface area contributed by atoms with Crippen LogP contribution in [-0.4, -0.2) is 16.8 Å². The molecule has 0 aromatic carbocycles. The minimum atomic E-state index is -0.421. The van der Waals surface area contributed by atoms with Crippen LogP contribution < -0.4 is 5.32 Å². The van der Waals surface area contributed by atoms with E-state index in [1.54, 1.807) is 12.3 Å². The smallest absolute Gasteiger partial charge is 0.259 e. The van der Waals surface area contributed by atoms with Crippen LogP contribution in [0.25, 0.3) is 16.5 Å². The average Bonchev–Trinajstić information content (AvgIpc) is 2.84. The SMILES string of the molecule is Cl.Cl.O=C1C=C(c2cncc3ccoc23)C(=O)N1. The molecule has 3 heterocycles. The van der Waals surface area contributed by atoms with Crippen LogP contribution in [-0.2, 0) is 9.59 Å². The number of pyridine rings is 1. The number of rotatable bonds is 1. The molecule has 0 spiro atoms. The van der Waals surface area contributed by atoms with Gasteiger partial charge >= 0.3 is 0 Å². The number of amides is 2. The first-order valence-electron chi connectivity index (χ1n) is 4.64. The van der Waals surface area contributed by atoms with E-state index < -0.39 is 11.8 Å². The summed E-state index contributed by atoms with van der Waals surface area (Å²) in [5.74, 6) is -0.834. The third kappa shape index (κ3) is 2.10. The Morgan fingerprint density at radius 3 is 2.61 bits per heavy atom. The number of nitrogens with one attached hydrogen (secondary N) is 1. The third-order valence-corrected chi connectivity index (χ3v) is 2.40. The molecule has 1 aliphatic rings. The summed E-state index contributed by atoms with van der Waals surface area (Å²) in [6, 6.07) is 1.75. The van der Waals surface area contributed by atoms with Gasteiger partial charge in [-0.3, -0.25) is 19.9 Å². The van der Waals surface area contributed by atoms with Gasteiger partial charge in [-0.25, -0.2) is 0 Å². The number of hydrogen-bond donors (Lipinski definition) is 1. The molecule has 5 nitrogen and oxygen atoms in total. The van der Waals surface area contributed by atoms with Crippen molar-refractivity contribution >= 4 is 53.2 Å². The quantitative estimate of drug-likeness (QED) is 0.810. The van der Waals surface area contributed by atoms with Crippen molar-refractivity contribution in [1.82, 2.24) is 10.3 Å². The van der Waals surface area contributed by atoms with Crippen LogP contribution in [0.3, 0.4) is 0 Å². The highest BCUT2D eigenvalue weighted by molar-refractivity contribution is 6.34. The van der Waals surface area contributed by atoms with Crippen molar-refractivity contribution in [2.75, 3.05) is 0 Å². The lowest BCUT2D eigenvalue weighted by Crippen LogP contribution is -2.21. The molecule has 0 fully saturated rings. The molecule has 18 heavy (non-hydrogen) atoms. The maximum Gasteiger partial charge on any atom is 0.259 e. The second-order valence-corrected chi connectivity index (χ2v) is 3.40. The first kappa shape index (κ1) is 14.2. The number of nitrogens with zero attached hydrogens (tertiary/aromatic N) is 1. The van der Waals surface area contributed by atoms with Crippen molar-refractivity contribution < 1.29 is 14.0 Å². The molecule has 3 rings (SSSR count). The number of aromatic nitrogens is 1. The molecule has 0 radical (unpaired) electrons. The van der Waals surface area contributed by atoms with E-state index in [4.69, 9.17) is 4.42 Å². The predicted molar refractivity (Wildman–Crippen MR) is 69.6 cm³/mol. The lowest BCUT2D eigenvalue weighted by Gasteiger charge is -1.99. The van der Waals surface area contributed by atoms with Crippen LogP contribution >= 0.6 is 24.8 Å². The molecule has 0 atom stereocenters. The number of halogens is 2. The van der Waals surface area contributed by atoms with Gasteiger partial charge in [0.15, 0.2) is 0 Å². The molecule has 2 aromatic rings. The van der Waals surface area contributed by atoms with Crippen molar-refractivity contribution in [3.05, 3.63) is 36.4 Å². The predicted octanol–water partition coefficient (Wildman–Crippen LogP) is 1.71. The normalized spacial score (nSPS) is 13.7. The van der Waals surface area contributed by atoms with E-state index in [1.807, 2.05) is 0 Å². The van der Waals surface area contributed by atoms with Crippen LogP contribution in [0.4, 0.5) is 0 Å². The molecule has 0 saturated carbocycles. The molecule has 0 saturated heterocycles. The zero-order chi connectivity index (χ0) is 11.1. The van der Waals surface area contributed by atoms with Gasteiger partial charge in [0.1, 0.15) is 5.58 Å². The van der Waals surface area contributed by atoms with E-state index in [-0.39, 0.29) is 30.4 Å². The Morgan fingerprint density at radius 2 is 1.94 bits per heavy atom. The van der Waals surface area contributed by atoms with Crippen molar-refractivity contribution in [3.63, 3.8) is 0 Å². The van der Waals surface area contributed by atoms with Crippen LogP contribution in [0, 0.1) is 0 Å². The first-order valence-corrected chi connectivity index (χ1v) is 4.64.